The van der Waals surface area contributed by atoms with Crippen molar-refractivity contribution in [3.8, 4) is 0 Å². The molecule has 2 N–H and O–H groups in total. The quantitative estimate of drug-likeness (QED) is 0.710. The minimum Gasteiger partial charge on any atom is -0.368 e. The van der Waals surface area contributed by atoms with Gasteiger partial charge in [-0.3, -0.25) is 0 Å². The Kier molecular flexibility index (Phi) is 4.97. The molecule has 0 aliphatic carbocycles. The van der Waals surface area contributed by atoms with Crippen molar-refractivity contribution in [2.45, 2.75) is 13.3 Å². The minimum atomic E-state index is -0.661. The molecule has 0 unspecified atom stereocenters. The molecule has 0 aromatic carbocycles. The van der Waals surface area contributed by atoms with Crippen LogP contribution in [0.5, 0.6) is 0 Å². The van der Waals surface area contributed by atoms with Gasteiger partial charge in [0, 0.05) is 12.6 Å². The number of rotatable bonds is 6. The highest BCUT2D eigenvalue weighted by atomic mass is 19.1. The standard InChI is InChI=1S/C10H15F2N3/c1-2-13-4-3-5-14-10-9(12)6-8(11)7-15-10/h6-7,13H,2-5H2,1H3,(H,14,15). The van der Waals surface area contributed by atoms with Crippen LogP contribution < -0.4 is 10.6 Å². The zero-order chi connectivity index (χ0) is 11.1. The summed E-state index contributed by atoms with van der Waals surface area (Å²) in [5.41, 5.74) is 0. The lowest BCUT2D eigenvalue weighted by Gasteiger charge is -2.06. The topological polar surface area (TPSA) is 37.0 Å². The summed E-state index contributed by atoms with van der Waals surface area (Å²) in [4.78, 5) is 3.61. The molecule has 1 aromatic heterocycles. The first-order valence-electron chi connectivity index (χ1n) is 4.99. The second-order valence-electron chi connectivity index (χ2n) is 3.12. The van der Waals surface area contributed by atoms with Crippen LogP contribution >= 0.6 is 0 Å². The lowest BCUT2D eigenvalue weighted by Crippen LogP contribution is -2.17. The molecule has 0 aliphatic heterocycles. The van der Waals surface area contributed by atoms with E-state index in [9.17, 15) is 8.78 Å². The van der Waals surface area contributed by atoms with Crippen LogP contribution in [-0.4, -0.2) is 24.6 Å². The number of pyridine rings is 1. The molecular formula is C10H15F2N3. The number of nitrogens with one attached hydrogen (secondary N) is 2. The van der Waals surface area contributed by atoms with Crippen LogP contribution in [0.4, 0.5) is 14.6 Å². The lowest BCUT2D eigenvalue weighted by atomic mass is 10.4. The van der Waals surface area contributed by atoms with Crippen LogP contribution in [0.25, 0.3) is 0 Å². The van der Waals surface area contributed by atoms with E-state index in [0.29, 0.717) is 6.54 Å². The third-order valence-corrected chi connectivity index (χ3v) is 1.88. The van der Waals surface area contributed by atoms with E-state index in [4.69, 9.17) is 0 Å². The smallest absolute Gasteiger partial charge is 0.168 e. The molecule has 5 heteroatoms. The van der Waals surface area contributed by atoms with Crippen molar-refractivity contribution in [2.75, 3.05) is 25.0 Å². The molecule has 84 valence electrons. The monoisotopic (exact) mass is 215 g/mol. The molecule has 0 spiro atoms. The summed E-state index contributed by atoms with van der Waals surface area (Å²) in [5, 5.41) is 5.95. The largest absolute Gasteiger partial charge is 0.368 e. The third-order valence-electron chi connectivity index (χ3n) is 1.88. The molecule has 0 fully saturated rings. The second kappa shape index (κ2) is 6.29. The minimum absolute atomic E-state index is 0.105. The van der Waals surface area contributed by atoms with E-state index in [1.54, 1.807) is 0 Å². The fraction of sp³-hybridized carbons (Fsp3) is 0.500. The van der Waals surface area contributed by atoms with E-state index >= 15 is 0 Å². The fourth-order valence-corrected chi connectivity index (χ4v) is 1.14. The Balaban J connectivity index is 2.31. The summed E-state index contributed by atoms with van der Waals surface area (Å²) < 4.78 is 25.5. The number of hydrogen-bond donors (Lipinski definition) is 2. The molecule has 15 heavy (non-hydrogen) atoms. The summed E-state index contributed by atoms with van der Waals surface area (Å²) in [6.45, 7) is 4.42. The van der Waals surface area contributed by atoms with Crippen molar-refractivity contribution in [2.24, 2.45) is 0 Å². The van der Waals surface area contributed by atoms with Crippen molar-refractivity contribution in [1.29, 1.82) is 0 Å². The van der Waals surface area contributed by atoms with E-state index in [1.165, 1.54) is 0 Å². The Bertz CT molecular complexity index is 305. The molecule has 0 amide bonds. The molecule has 3 nitrogen and oxygen atoms in total. The number of halogens is 2. The van der Waals surface area contributed by atoms with Gasteiger partial charge in [-0.15, -0.1) is 0 Å². The molecule has 0 atom stereocenters. The van der Waals surface area contributed by atoms with E-state index in [-0.39, 0.29) is 5.82 Å². The Morgan fingerprint density at radius 2 is 2.13 bits per heavy atom. The maximum atomic E-state index is 13.0. The Hall–Kier alpha value is -1.23. The lowest BCUT2D eigenvalue weighted by molar-refractivity contribution is 0.574. The number of hydrogen-bond acceptors (Lipinski definition) is 3. The second-order valence-corrected chi connectivity index (χ2v) is 3.12. The van der Waals surface area contributed by atoms with E-state index in [0.717, 1.165) is 31.8 Å². The maximum absolute atomic E-state index is 13.0. The predicted molar refractivity (Wildman–Crippen MR) is 55.8 cm³/mol. The normalized spacial score (nSPS) is 10.3. The molecule has 0 saturated heterocycles. The molecule has 1 heterocycles. The fourth-order valence-electron chi connectivity index (χ4n) is 1.14. The summed E-state index contributed by atoms with van der Waals surface area (Å²) in [7, 11) is 0. The number of aromatic nitrogens is 1. The van der Waals surface area contributed by atoms with Crippen LogP contribution in [0.1, 0.15) is 13.3 Å². The summed E-state index contributed by atoms with van der Waals surface area (Å²) in [6, 6.07) is 0.819. The van der Waals surface area contributed by atoms with Crippen molar-refractivity contribution in [3.63, 3.8) is 0 Å². The predicted octanol–water partition coefficient (Wildman–Crippen LogP) is 1.77. The zero-order valence-corrected chi connectivity index (χ0v) is 8.69. The Morgan fingerprint density at radius 3 is 2.80 bits per heavy atom. The molecule has 0 aliphatic rings. The van der Waals surface area contributed by atoms with Gasteiger partial charge < -0.3 is 10.6 Å². The first-order chi connectivity index (χ1) is 7.24. The summed E-state index contributed by atoms with van der Waals surface area (Å²) in [5.74, 6) is -1.21. The molecule has 0 radical (unpaired) electrons. The van der Waals surface area contributed by atoms with Crippen molar-refractivity contribution < 1.29 is 8.78 Å². The van der Waals surface area contributed by atoms with Crippen LogP contribution in [0.2, 0.25) is 0 Å². The molecule has 1 rings (SSSR count). The van der Waals surface area contributed by atoms with Crippen LogP contribution in [0.3, 0.4) is 0 Å². The average molecular weight is 215 g/mol. The highest BCUT2D eigenvalue weighted by Gasteiger charge is 2.03. The number of nitrogens with zero attached hydrogens (tertiary/aromatic N) is 1. The van der Waals surface area contributed by atoms with Gasteiger partial charge in [0.15, 0.2) is 11.6 Å². The van der Waals surface area contributed by atoms with Crippen molar-refractivity contribution in [1.82, 2.24) is 10.3 Å². The molecule has 0 bridgehead atoms. The van der Waals surface area contributed by atoms with Crippen molar-refractivity contribution >= 4 is 5.82 Å². The first kappa shape index (κ1) is 11.8. The average Bonchev–Trinajstić information content (AvgIpc) is 2.20. The van der Waals surface area contributed by atoms with Gasteiger partial charge in [-0.05, 0) is 19.5 Å². The Labute approximate surface area is 87.9 Å². The molecule has 0 saturated carbocycles. The maximum Gasteiger partial charge on any atom is 0.168 e. The zero-order valence-electron chi connectivity index (χ0n) is 8.69. The van der Waals surface area contributed by atoms with Gasteiger partial charge in [0.05, 0.1) is 6.20 Å². The van der Waals surface area contributed by atoms with Crippen LogP contribution in [0.15, 0.2) is 12.3 Å². The van der Waals surface area contributed by atoms with Gasteiger partial charge in [-0.2, -0.15) is 0 Å². The van der Waals surface area contributed by atoms with Gasteiger partial charge in [-0.1, -0.05) is 6.92 Å². The summed E-state index contributed by atoms with van der Waals surface area (Å²) in [6.07, 6.45) is 1.86. The SMILES string of the molecule is CCNCCCNc1ncc(F)cc1F. The van der Waals surface area contributed by atoms with Crippen LogP contribution in [-0.2, 0) is 0 Å². The highest BCUT2D eigenvalue weighted by Crippen LogP contribution is 2.10. The summed E-state index contributed by atoms with van der Waals surface area (Å²) >= 11 is 0. The number of anilines is 1. The van der Waals surface area contributed by atoms with E-state index < -0.39 is 11.6 Å². The van der Waals surface area contributed by atoms with Gasteiger partial charge >= 0.3 is 0 Å². The van der Waals surface area contributed by atoms with Gasteiger partial charge in [-0.25, -0.2) is 13.8 Å². The van der Waals surface area contributed by atoms with Crippen LogP contribution in [0, 0.1) is 11.6 Å². The highest BCUT2D eigenvalue weighted by molar-refractivity contribution is 5.35. The molecule has 1 aromatic rings. The van der Waals surface area contributed by atoms with Gasteiger partial charge in [0.2, 0.25) is 0 Å². The molecular weight excluding hydrogens is 200 g/mol. The van der Waals surface area contributed by atoms with Gasteiger partial charge in [0.25, 0.3) is 0 Å². The third kappa shape index (κ3) is 4.20. The van der Waals surface area contributed by atoms with Gasteiger partial charge in [0.1, 0.15) is 5.82 Å². The van der Waals surface area contributed by atoms with Crippen molar-refractivity contribution in [3.05, 3.63) is 23.9 Å². The van der Waals surface area contributed by atoms with E-state index in [2.05, 4.69) is 15.6 Å². The first-order valence-corrected chi connectivity index (χ1v) is 4.99. The van der Waals surface area contributed by atoms with E-state index in [1.807, 2.05) is 6.92 Å². The Morgan fingerprint density at radius 1 is 1.33 bits per heavy atom.